The Bertz CT molecular complexity index is 712. The molecule has 0 atom stereocenters. The van der Waals surface area contributed by atoms with Crippen molar-refractivity contribution in [2.45, 2.75) is 34.1 Å². The monoisotopic (exact) mass is 326 g/mol. The summed E-state index contributed by atoms with van der Waals surface area (Å²) in [5.74, 6) is 0. The Hall–Kier alpha value is -1.34. The molecule has 0 bridgehead atoms. The lowest BCUT2D eigenvalue weighted by atomic mass is 9.89. The standard InChI is InChI=1S/C19H19Br/c1-11-7-12(2)18(13(3)8-11)19-14(4)9-15-10-16(20)5-6-17(15)19/h5-8,10H,9H2,1-4H3. The van der Waals surface area contributed by atoms with Gasteiger partial charge in [0.25, 0.3) is 0 Å². The van der Waals surface area contributed by atoms with Crippen LogP contribution in [0.15, 0.2) is 40.4 Å². The van der Waals surface area contributed by atoms with E-state index in [4.69, 9.17) is 0 Å². The fourth-order valence-corrected chi connectivity index (χ4v) is 3.89. The molecular weight excluding hydrogens is 308 g/mol. The molecule has 20 heavy (non-hydrogen) atoms. The maximum Gasteiger partial charge on any atom is 0.0178 e. The van der Waals surface area contributed by atoms with Crippen molar-refractivity contribution in [1.29, 1.82) is 0 Å². The molecule has 1 aliphatic carbocycles. The molecule has 1 heteroatoms. The Morgan fingerprint density at radius 3 is 2.20 bits per heavy atom. The van der Waals surface area contributed by atoms with E-state index in [1.54, 1.807) is 0 Å². The van der Waals surface area contributed by atoms with Crippen molar-refractivity contribution >= 4 is 21.5 Å². The van der Waals surface area contributed by atoms with Gasteiger partial charge in [0, 0.05) is 4.47 Å². The first kappa shape index (κ1) is 13.6. The van der Waals surface area contributed by atoms with Gasteiger partial charge in [0.2, 0.25) is 0 Å². The molecule has 0 saturated heterocycles. The van der Waals surface area contributed by atoms with Crippen LogP contribution in [-0.2, 0) is 6.42 Å². The Labute approximate surface area is 129 Å². The topological polar surface area (TPSA) is 0 Å². The van der Waals surface area contributed by atoms with Crippen molar-refractivity contribution in [3.05, 3.63) is 73.8 Å². The second-order valence-electron chi connectivity index (χ2n) is 5.91. The highest BCUT2D eigenvalue weighted by Gasteiger charge is 2.22. The minimum absolute atomic E-state index is 1.07. The predicted molar refractivity (Wildman–Crippen MR) is 90.2 cm³/mol. The molecular formula is C19H19Br. The first-order valence-electron chi connectivity index (χ1n) is 7.04. The SMILES string of the molecule is CC1=C(c2c(C)cc(C)cc2C)c2ccc(Br)cc2C1. The van der Waals surface area contributed by atoms with Gasteiger partial charge in [-0.1, -0.05) is 45.3 Å². The fourth-order valence-electron chi connectivity index (χ4n) is 3.48. The average molecular weight is 327 g/mol. The van der Waals surface area contributed by atoms with Crippen molar-refractivity contribution in [1.82, 2.24) is 0 Å². The van der Waals surface area contributed by atoms with Crippen LogP contribution in [0, 0.1) is 20.8 Å². The van der Waals surface area contributed by atoms with Gasteiger partial charge >= 0.3 is 0 Å². The van der Waals surface area contributed by atoms with E-state index in [0.29, 0.717) is 0 Å². The first-order chi connectivity index (χ1) is 9.47. The number of fused-ring (bicyclic) bond motifs is 1. The fraction of sp³-hybridized carbons (Fsp3) is 0.263. The minimum Gasteiger partial charge on any atom is -0.0604 e. The largest absolute Gasteiger partial charge is 0.0604 e. The molecule has 0 fully saturated rings. The maximum atomic E-state index is 3.58. The summed E-state index contributed by atoms with van der Waals surface area (Å²) in [7, 11) is 0. The van der Waals surface area contributed by atoms with Crippen LogP contribution in [-0.4, -0.2) is 0 Å². The molecule has 3 rings (SSSR count). The summed E-state index contributed by atoms with van der Waals surface area (Å²) in [6.07, 6.45) is 1.07. The van der Waals surface area contributed by atoms with Crippen molar-refractivity contribution < 1.29 is 0 Å². The van der Waals surface area contributed by atoms with Crippen LogP contribution in [0.25, 0.3) is 5.57 Å². The summed E-state index contributed by atoms with van der Waals surface area (Å²) >= 11 is 3.58. The lowest BCUT2D eigenvalue weighted by molar-refractivity contribution is 1.19. The summed E-state index contributed by atoms with van der Waals surface area (Å²) in [5, 5.41) is 0. The van der Waals surface area contributed by atoms with Gasteiger partial charge in [-0.2, -0.15) is 0 Å². The lowest BCUT2D eigenvalue weighted by Crippen LogP contribution is -1.96. The molecule has 102 valence electrons. The van der Waals surface area contributed by atoms with Crippen LogP contribution in [0.3, 0.4) is 0 Å². The van der Waals surface area contributed by atoms with Crippen molar-refractivity contribution in [2.24, 2.45) is 0 Å². The molecule has 0 spiro atoms. The highest BCUT2D eigenvalue weighted by atomic mass is 79.9. The van der Waals surface area contributed by atoms with Crippen LogP contribution in [0.5, 0.6) is 0 Å². The van der Waals surface area contributed by atoms with Gasteiger partial charge in [-0.05, 0) is 79.6 Å². The Morgan fingerprint density at radius 1 is 0.900 bits per heavy atom. The Balaban J connectivity index is 2.24. The molecule has 0 aromatic heterocycles. The molecule has 0 N–H and O–H groups in total. The van der Waals surface area contributed by atoms with Gasteiger partial charge in [-0.3, -0.25) is 0 Å². The van der Waals surface area contributed by atoms with Gasteiger partial charge in [-0.25, -0.2) is 0 Å². The van der Waals surface area contributed by atoms with Crippen molar-refractivity contribution in [2.75, 3.05) is 0 Å². The molecule has 0 unspecified atom stereocenters. The number of rotatable bonds is 1. The molecule has 2 aromatic carbocycles. The van der Waals surface area contributed by atoms with E-state index < -0.39 is 0 Å². The van der Waals surface area contributed by atoms with Crippen LogP contribution >= 0.6 is 15.9 Å². The van der Waals surface area contributed by atoms with E-state index in [-0.39, 0.29) is 0 Å². The molecule has 2 aromatic rings. The lowest BCUT2D eigenvalue weighted by Gasteiger charge is -2.15. The average Bonchev–Trinajstić information content (AvgIpc) is 2.64. The molecule has 0 aliphatic heterocycles. The zero-order valence-electron chi connectivity index (χ0n) is 12.5. The second-order valence-corrected chi connectivity index (χ2v) is 6.82. The smallest absolute Gasteiger partial charge is 0.0178 e. The van der Waals surface area contributed by atoms with Crippen LogP contribution in [0.2, 0.25) is 0 Å². The minimum atomic E-state index is 1.07. The molecule has 0 radical (unpaired) electrons. The summed E-state index contributed by atoms with van der Waals surface area (Å²) in [5.41, 5.74) is 11.3. The van der Waals surface area contributed by atoms with Gasteiger partial charge in [0.15, 0.2) is 0 Å². The number of halogens is 1. The Morgan fingerprint density at radius 2 is 1.55 bits per heavy atom. The van der Waals surface area contributed by atoms with Crippen LogP contribution in [0.1, 0.15) is 40.3 Å². The Kier molecular flexibility index (Phi) is 3.33. The van der Waals surface area contributed by atoms with E-state index in [1.165, 1.54) is 49.0 Å². The van der Waals surface area contributed by atoms with E-state index in [1.807, 2.05) is 0 Å². The quantitative estimate of drug-likeness (QED) is 0.625. The number of hydrogen-bond acceptors (Lipinski definition) is 0. The van der Waals surface area contributed by atoms with Crippen LogP contribution in [0.4, 0.5) is 0 Å². The number of hydrogen-bond donors (Lipinski definition) is 0. The zero-order valence-corrected chi connectivity index (χ0v) is 14.1. The normalized spacial score (nSPS) is 13.8. The third kappa shape index (κ3) is 2.14. The maximum absolute atomic E-state index is 3.58. The van der Waals surface area contributed by atoms with Gasteiger partial charge in [0.05, 0.1) is 0 Å². The van der Waals surface area contributed by atoms with E-state index in [0.717, 1.165) is 6.42 Å². The third-order valence-electron chi connectivity index (χ3n) is 4.15. The van der Waals surface area contributed by atoms with Gasteiger partial charge in [-0.15, -0.1) is 0 Å². The van der Waals surface area contributed by atoms with Gasteiger partial charge in [0.1, 0.15) is 0 Å². The highest BCUT2D eigenvalue weighted by Crippen LogP contribution is 2.40. The van der Waals surface area contributed by atoms with E-state index in [2.05, 4.69) is 74.0 Å². The zero-order chi connectivity index (χ0) is 14.4. The summed E-state index contributed by atoms with van der Waals surface area (Å²) < 4.78 is 1.17. The van der Waals surface area contributed by atoms with Gasteiger partial charge < -0.3 is 0 Å². The number of allylic oxidation sites excluding steroid dienone is 1. The number of benzene rings is 2. The highest BCUT2D eigenvalue weighted by molar-refractivity contribution is 9.10. The second kappa shape index (κ2) is 4.89. The summed E-state index contributed by atoms with van der Waals surface area (Å²) in [4.78, 5) is 0. The summed E-state index contributed by atoms with van der Waals surface area (Å²) in [6.45, 7) is 8.89. The molecule has 0 amide bonds. The molecule has 1 aliphatic rings. The molecule has 0 heterocycles. The van der Waals surface area contributed by atoms with E-state index >= 15 is 0 Å². The third-order valence-corrected chi connectivity index (χ3v) is 4.64. The predicted octanol–water partition coefficient (Wildman–Crippen LogP) is 5.75. The first-order valence-corrected chi connectivity index (χ1v) is 7.83. The van der Waals surface area contributed by atoms with Crippen molar-refractivity contribution in [3.63, 3.8) is 0 Å². The molecule has 0 saturated carbocycles. The van der Waals surface area contributed by atoms with Crippen LogP contribution < -0.4 is 0 Å². The number of aryl methyl sites for hydroxylation is 3. The van der Waals surface area contributed by atoms with E-state index in [9.17, 15) is 0 Å². The summed E-state index contributed by atoms with van der Waals surface area (Å²) in [6, 6.07) is 11.2. The molecule has 0 nitrogen and oxygen atoms in total. The van der Waals surface area contributed by atoms with Crippen molar-refractivity contribution in [3.8, 4) is 0 Å².